The third kappa shape index (κ3) is 2.06. The van der Waals surface area contributed by atoms with E-state index in [2.05, 4.69) is 15.2 Å². The first-order valence-electron chi connectivity index (χ1n) is 4.66. The molecule has 1 amide bonds. The maximum atomic E-state index is 11.1. The van der Waals surface area contributed by atoms with Gasteiger partial charge in [0, 0.05) is 31.9 Å². The molecule has 0 bridgehead atoms. The Bertz CT molecular complexity index is 497. The van der Waals surface area contributed by atoms with Crippen LogP contribution in [0.2, 0.25) is 0 Å². The van der Waals surface area contributed by atoms with Gasteiger partial charge in [0.15, 0.2) is 0 Å². The molecule has 82 valence electrons. The van der Waals surface area contributed by atoms with Gasteiger partial charge in [-0.2, -0.15) is 0 Å². The Morgan fingerprint density at radius 2 is 2.00 bits per heavy atom. The number of hydrogen-bond donors (Lipinski definition) is 0. The van der Waals surface area contributed by atoms with Crippen molar-refractivity contribution < 1.29 is 4.79 Å². The molecular weight excluding hydrogens is 224 g/mol. The molecule has 0 spiro atoms. The summed E-state index contributed by atoms with van der Waals surface area (Å²) in [4.78, 5) is 16.6. The molecule has 6 heteroatoms. The number of pyridine rings is 1. The monoisotopic (exact) mass is 234 g/mol. The van der Waals surface area contributed by atoms with Crippen molar-refractivity contribution in [1.82, 2.24) is 15.2 Å². The van der Waals surface area contributed by atoms with E-state index < -0.39 is 0 Å². The first kappa shape index (κ1) is 10.7. The van der Waals surface area contributed by atoms with Crippen LogP contribution in [0.3, 0.4) is 0 Å². The van der Waals surface area contributed by atoms with Gasteiger partial charge in [0.25, 0.3) is 0 Å². The first-order valence-corrected chi connectivity index (χ1v) is 5.48. The number of carbonyl (C=O) groups excluding carboxylic acids is 1. The van der Waals surface area contributed by atoms with Crippen LogP contribution in [0.15, 0.2) is 24.5 Å². The molecule has 0 saturated heterocycles. The molecule has 0 N–H and O–H groups in total. The fraction of sp³-hybridized carbons (Fsp3) is 0.200. The van der Waals surface area contributed by atoms with Crippen LogP contribution in [0.5, 0.6) is 0 Å². The summed E-state index contributed by atoms with van der Waals surface area (Å²) in [6.45, 7) is 1.49. The zero-order valence-electron chi connectivity index (χ0n) is 8.91. The summed E-state index contributed by atoms with van der Waals surface area (Å²) in [5.41, 5.74) is 0.954. The maximum absolute atomic E-state index is 11.1. The third-order valence-electron chi connectivity index (χ3n) is 2.10. The molecule has 2 aromatic heterocycles. The molecule has 2 aromatic rings. The van der Waals surface area contributed by atoms with Gasteiger partial charge >= 0.3 is 0 Å². The average molecular weight is 234 g/mol. The van der Waals surface area contributed by atoms with Crippen LogP contribution in [0.25, 0.3) is 10.6 Å². The minimum atomic E-state index is -0.0579. The summed E-state index contributed by atoms with van der Waals surface area (Å²) in [6, 6.07) is 3.72. The summed E-state index contributed by atoms with van der Waals surface area (Å²) in [7, 11) is 1.68. The van der Waals surface area contributed by atoms with E-state index in [4.69, 9.17) is 0 Å². The highest BCUT2D eigenvalue weighted by atomic mass is 32.1. The predicted molar refractivity (Wildman–Crippen MR) is 62.2 cm³/mol. The van der Waals surface area contributed by atoms with Crippen LogP contribution in [0, 0.1) is 0 Å². The minimum absolute atomic E-state index is 0.0579. The average Bonchev–Trinajstić information content (AvgIpc) is 2.78. The van der Waals surface area contributed by atoms with E-state index >= 15 is 0 Å². The van der Waals surface area contributed by atoms with Crippen LogP contribution in [0.4, 0.5) is 5.13 Å². The lowest BCUT2D eigenvalue weighted by Crippen LogP contribution is -2.22. The van der Waals surface area contributed by atoms with Gasteiger partial charge in [0.05, 0.1) is 0 Å². The molecule has 0 atom stereocenters. The van der Waals surface area contributed by atoms with Crippen LogP contribution >= 0.6 is 11.3 Å². The second-order valence-corrected chi connectivity index (χ2v) is 4.16. The van der Waals surface area contributed by atoms with Crippen LogP contribution in [0.1, 0.15) is 6.92 Å². The Kier molecular flexibility index (Phi) is 2.91. The van der Waals surface area contributed by atoms with Gasteiger partial charge < -0.3 is 0 Å². The number of rotatable bonds is 2. The molecule has 0 aliphatic carbocycles. The smallest absolute Gasteiger partial charge is 0.225 e. The van der Waals surface area contributed by atoms with E-state index in [0.717, 1.165) is 10.6 Å². The molecule has 0 radical (unpaired) electrons. The SMILES string of the molecule is CC(=O)N(C)c1nnc(-c2ccncc2)s1. The molecule has 0 aromatic carbocycles. The van der Waals surface area contributed by atoms with Crippen molar-refractivity contribution in [3.05, 3.63) is 24.5 Å². The summed E-state index contributed by atoms with van der Waals surface area (Å²) in [6.07, 6.45) is 3.40. The van der Waals surface area contributed by atoms with E-state index in [1.807, 2.05) is 12.1 Å². The highest BCUT2D eigenvalue weighted by Crippen LogP contribution is 2.27. The van der Waals surface area contributed by atoms with Gasteiger partial charge in [-0.15, -0.1) is 10.2 Å². The molecule has 0 unspecified atom stereocenters. The summed E-state index contributed by atoms with van der Waals surface area (Å²) < 4.78 is 0. The van der Waals surface area contributed by atoms with E-state index in [9.17, 15) is 4.79 Å². The lowest BCUT2D eigenvalue weighted by Gasteiger charge is -2.08. The van der Waals surface area contributed by atoms with Crippen LogP contribution < -0.4 is 4.90 Å². The number of hydrogen-bond acceptors (Lipinski definition) is 5. The van der Waals surface area contributed by atoms with Crippen molar-refractivity contribution in [2.75, 3.05) is 11.9 Å². The topological polar surface area (TPSA) is 59.0 Å². The summed E-state index contributed by atoms with van der Waals surface area (Å²) in [5, 5.41) is 9.38. The Balaban J connectivity index is 2.30. The van der Waals surface area contributed by atoms with Crippen molar-refractivity contribution in [1.29, 1.82) is 0 Å². The molecule has 0 aliphatic rings. The number of carbonyl (C=O) groups is 1. The molecule has 0 saturated carbocycles. The van der Waals surface area contributed by atoms with Crippen molar-refractivity contribution in [3.63, 3.8) is 0 Å². The second-order valence-electron chi connectivity index (χ2n) is 3.20. The lowest BCUT2D eigenvalue weighted by molar-refractivity contribution is -0.116. The fourth-order valence-electron chi connectivity index (χ4n) is 1.10. The fourth-order valence-corrected chi connectivity index (χ4v) is 1.95. The van der Waals surface area contributed by atoms with E-state index in [0.29, 0.717) is 5.13 Å². The largest absolute Gasteiger partial charge is 0.290 e. The number of nitrogens with zero attached hydrogens (tertiary/aromatic N) is 4. The molecule has 2 rings (SSSR count). The van der Waals surface area contributed by atoms with Gasteiger partial charge in [-0.1, -0.05) is 11.3 Å². The molecule has 5 nitrogen and oxygen atoms in total. The molecule has 0 aliphatic heterocycles. The summed E-state index contributed by atoms with van der Waals surface area (Å²) >= 11 is 1.38. The van der Waals surface area contributed by atoms with Gasteiger partial charge in [-0.05, 0) is 12.1 Å². The van der Waals surface area contributed by atoms with E-state index in [1.54, 1.807) is 19.4 Å². The molecule has 16 heavy (non-hydrogen) atoms. The maximum Gasteiger partial charge on any atom is 0.225 e. The van der Waals surface area contributed by atoms with Crippen molar-refractivity contribution in [2.45, 2.75) is 6.92 Å². The van der Waals surface area contributed by atoms with Crippen LogP contribution in [-0.4, -0.2) is 28.1 Å². The summed E-state index contributed by atoms with van der Waals surface area (Å²) in [5.74, 6) is -0.0579. The van der Waals surface area contributed by atoms with Gasteiger partial charge in [0.1, 0.15) is 5.01 Å². The minimum Gasteiger partial charge on any atom is -0.290 e. The van der Waals surface area contributed by atoms with Gasteiger partial charge in [-0.3, -0.25) is 14.7 Å². The number of amides is 1. The Morgan fingerprint density at radius 1 is 1.31 bits per heavy atom. The highest BCUT2D eigenvalue weighted by Gasteiger charge is 2.12. The third-order valence-corrected chi connectivity index (χ3v) is 3.15. The predicted octanol–water partition coefficient (Wildman–Crippen LogP) is 1.58. The zero-order chi connectivity index (χ0) is 11.5. The first-order chi connectivity index (χ1) is 7.68. The Hall–Kier alpha value is -1.82. The second kappa shape index (κ2) is 4.36. The van der Waals surface area contributed by atoms with Crippen molar-refractivity contribution in [2.24, 2.45) is 0 Å². The van der Waals surface area contributed by atoms with Crippen LogP contribution in [-0.2, 0) is 4.79 Å². The Labute approximate surface area is 96.8 Å². The van der Waals surface area contributed by atoms with E-state index in [1.165, 1.54) is 23.2 Å². The van der Waals surface area contributed by atoms with Crippen molar-refractivity contribution >= 4 is 22.4 Å². The van der Waals surface area contributed by atoms with Gasteiger partial charge in [-0.25, -0.2) is 0 Å². The normalized spacial score (nSPS) is 10.1. The Morgan fingerprint density at radius 3 is 2.62 bits per heavy atom. The zero-order valence-corrected chi connectivity index (χ0v) is 9.73. The number of aromatic nitrogens is 3. The molecular formula is C10H10N4OS. The molecule has 2 heterocycles. The highest BCUT2D eigenvalue weighted by molar-refractivity contribution is 7.18. The van der Waals surface area contributed by atoms with Crippen molar-refractivity contribution in [3.8, 4) is 10.6 Å². The van der Waals surface area contributed by atoms with Gasteiger partial charge in [0.2, 0.25) is 11.0 Å². The van der Waals surface area contributed by atoms with E-state index in [-0.39, 0.29) is 5.91 Å². The lowest BCUT2D eigenvalue weighted by atomic mass is 10.3. The standard InChI is InChI=1S/C10H10N4OS/c1-7(15)14(2)10-13-12-9(16-10)8-3-5-11-6-4-8/h3-6H,1-2H3. The molecule has 0 fully saturated rings. The number of anilines is 1. The quantitative estimate of drug-likeness (QED) is 0.791.